The summed E-state index contributed by atoms with van der Waals surface area (Å²) in [4.78, 5) is 39.9. The fourth-order valence-electron chi connectivity index (χ4n) is 2.76. The molecular weight excluding hydrogens is 398 g/mol. The molecule has 0 saturated heterocycles. The SMILES string of the molecule is NC(=O)COc1ccccc1C(=O)NCc1cccc(NC(=O)c2ncccc2N)c1. The number of nitrogens with zero attached hydrogens (tertiary/aromatic N) is 1. The van der Waals surface area contributed by atoms with Crippen LogP contribution in [0.25, 0.3) is 0 Å². The number of anilines is 2. The summed E-state index contributed by atoms with van der Waals surface area (Å²) in [6.45, 7) is -0.120. The molecule has 0 unspecified atom stereocenters. The Balaban J connectivity index is 1.64. The van der Waals surface area contributed by atoms with Crippen LogP contribution in [0.1, 0.15) is 26.4 Å². The first-order chi connectivity index (χ1) is 14.9. The first-order valence-electron chi connectivity index (χ1n) is 9.33. The number of nitrogens with two attached hydrogens (primary N) is 2. The summed E-state index contributed by atoms with van der Waals surface area (Å²) >= 11 is 0. The lowest BCUT2D eigenvalue weighted by atomic mass is 10.1. The van der Waals surface area contributed by atoms with Gasteiger partial charge in [-0.1, -0.05) is 24.3 Å². The molecule has 3 rings (SSSR count). The summed E-state index contributed by atoms with van der Waals surface area (Å²) < 4.78 is 5.29. The van der Waals surface area contributed by atoms with Crippen LogP contribution in [0.15, 0.2) is 66.9 Å². The van der Waals surface area contributed by atoms with E-state index in [1.807, 2.05) is 0 Å². The smallest absolute Gasteiger partial charge is 0.276 e. The minimum atomic E-state index is -0.637. The zero-order valence-corrected chi connectivity index (χ0v) is 16.5. The Bertz CT molecular complexity index is 1120. The van der Waals surface area contributed by atoms with Gasteiger partial charge >= 0.3 is 0 Å². The van der Waals surface area contributed by atoms with E-state index in [1.165, 1.54) is 6.20 Å². The molecule has 0 aliphatic rings. The predicted octanol–water partition coefficient (Wildman–Crippen LogP) is 1.71. The minimum Gasteiger partial charge on any atom is -0.483 e. The van der Waals surface area contributed by atoms with Crippen LogP contribution < -0.4 is 26.8 Å². The number of carbonyl (C=O) groups excluding carboxylic acids is 3. The number of benzene rings is 2. The van der Waals surface area contributed by atoms with E-state index in [1.54, 1.807) is 60.7 Å². The van der Waals surface area contributed by atoms with Crippen molar-refractivity contribution in [1.82, 2.24) is 10.3 Å². The molecule has 0 aliphatic carbocycles. The lowest BCUT2D eigenvalue weighted by Gasteiger charge is -2.12. The number of hydrogen-bond acceptors (Lipinski definition) is 6. The number of amides is 3. The highest BCUT2D eigenvalue weighted by atomic mass is 16.5. The second-order valence-electron chi connectivity index (χ2n) is 6.53. The van der Waals surface area contributed by atoms with E-state index in [9.17, 15) is 14.4 Å². The molecule has 0 atom stereocenters. The second-order valence-corrected chi connectivity index (χ2v) is 6.53. The molecule has 0 aliphatic heterocycles. The minimum absolute atomic E-state index is 0.133. The van der Waals surface area contributed by atoms with Crippen LogP contribution in [0.2, 0.25) is 0 Å². The maximum absolute atomic E-state index is 12.6. The predicted molar refractivity (Wildman–Crippen MR) is 115 cm³/mol. The lowest BCUT2D eigenvalue weighted by Crippen LogP contribution is -2.25. The molecule has 6 N–H and O–H groups in total. The third-order valence-corrected chi connectivity index (χ3v) is 4.19. The van der Waals surface area contributed by atoms with Gasteiger partial charge < -0.3 is 26.8 Å². The summed E-state index contributed by atoms with van der Waals surface area (Å²) in [6, 6.07) is 16.8. The highest BCUT2D eigenvalue weighted by Gasteiger charge is 2.14. The van der Waals surface area contributed by atoms with Gasteiger partial charge in [0.15, 0.2) is 12.3 Å². The Morgan fingerprint density at radius 2 is 1.77 bits per heavy atom. The number of carbonyl (C=O) groups is 3. The third-order valence-electron chi connectivity index (χ3n) is 4.19. The highest BCUT2D eigenvalue weighted by Crippen LogP contribution is 2.18. The normalized spacial score (nSPS) is 10.2. The molecule has 158 valence electrons. The zero-order valence-electron chi connectivity index (χ0n) is 16.5. The van der Waals surface area contributed by atoms with Crippen LogP contribution in [0.4, 0.5) is 11.4 Å². The molecule has 0 saturated carbocycles. The monoisotopic (exact) mass is 419 g/mol. The van der Waals surface area contributed by atoms with Gasteiger partial charge in [0, 0.05) is 18.4 Å². The van der Waals surface area contributed by atoms with Crippen molar-refractivity contribution in [2.45, 2.75) is 6.54 Å². The van der Waals surface area contributed by atoms with Crippen LogP contribution >= 0.6 is 0 Å². The number of ether oxygens (including phenoxy) is 1. The fraction of sp³-hybridized carbons (Fsp3) is 0.0909. The van der Waals surface area contributed by atoms with Crippen molar-refractivity contribution in [2.24, 2.45) is 5.73 Å². The molecule has 0 bridgehead atoms. The summed E-state index contributed by atoms with van der Waals surface area (Å²) in [5.74, 6) is -1.19. The molecule has 0 spiro atoms. The summed E-state index contributed by atoms with van der Waals surface area (Å²) in [7, 11) is 0. The molecule has 1 aromatic heterocycles. The van der Waals surface area contributed by atoms with Crippen molar-refractivity contribution in [3.8, 4) is 5.75 Å². The number of nitrogen functional groups attached to an aromatic ring is 1. The molecule has 9 heteroatoms. The van der Waals surface area contributed by atoms with Crippen molar-refractivity contribution in [3.05, 3.63) is 83.7 Å². The molecule has 0 fully saturated rings. The molecule has 2 aromatic carbocycles. The Labute approximate surface area is 178 Å². The number of nitrogens with one attached hydrogen (secondary N) is 2. The van der Waals surface area contributed by atoms with Gasteiger partial charge in [-0.15, -0.1) is 0 Å². The Morgan fingerprint density at radius 3 is 2.55 bits per heavy atom. The van der Waals surface area contributed by atoms with E-state index in [-0.39, 0.29) is 41.8 Å². The Kier molecular flexibility index (Phi) is 6.79. The van der Waals surface area contributed by atoms with Gasteiger partial charge in [-0.3, -0.25) is 14.4 Å². The first-order valence-corrected chi connectivity index (χ1v) is 9.33. The maximum Gasteiger partial charge on any atom is 0.276 e. The van der Waals surface area contributed by atoms with E-state index in [0.717, 1.165) is 5.56 Å². The van der Waals surface area contributed by atoms with E-state index < -0.39 is 11.8 Å². The number of rotatable bonds is 8. The largest absolute Gasteiger partial charge is 0.483 e. The quantitative estimate of drug-likeness (QED) is 0.437. The summed E-state index contributed by atoms with van der Waals surface area (Å²) in [5, 5.41) is 5.52. The number of para-hydroxylation sites is 1. The molecular formula is C22H21N5O4. The van der Waals surface area contributed by atoms with E-state index in [4.69, 9.17) is 16.2 Å². The van der Waals surface area contributed by atoms with Crippen molar-refractivity contribution in [1.29, 1.82) is 0 Å². The van der Waals surface area contributed by atoms with Gasteiger partial charge in [-0.25, -0.2) is 4.98 Å². The Hall–Kier alpha value is -4.40. The van der Waals surface area contributed by atoms with E-state index in [2.05, 4.69) is 15.6 Å². The van der Waals surface area contributed by atoms with Gasteiger partial charge in [-0.2, -0.15) is 0 Å². The average molecular weight is 419 g/mol. The van der Waals surface area contributed by atoms with Crippen LogP contribution in [0.5, 0.6) is 5.75 Å². The number of pyridine rings is 1. The second kappa shape index (κ2) is 9.88. The van der Waals surface area contributed by atoms with Gasteiger partial charge in [0.25, 0.3) is 17.7 Å². The third kappa shape index (κ3) is 5.80. The number of primary amides is 1. The number of hydrogen-bond donors (Lipinski definition) is 4. The van der Waals surface area contributed by atoms with Gasteiger partial charge in [0.2, 0.25) is 0 Å². The lowest BCUT2D eigenvalue weighted by molar-refractivity contribution is -0.119. The maximum atomic E-state index is 12.6. The van der Waals surface area contributed by atoms with Crippen LogP contribution in [0.3, 0.4) is 0 Å². The topological polar surface area (TPSA) is 149 Å². The zero-order chi connectivity index (χ0) is 22.2. The van der Waals surface area contributed by atoms with Crippen LogP contribution in [-0.2, 0) is 11.3 Å². The van der Waals surface area contributed by atoms with Crippen molar-refractivity contribution >= 4 is 29.1 Å². The average Bonchev–Trinajstić information content (AvgIpc) is 2.76. The Morgan fingerprint density at radius 1 is 0.968 bits per heavy atom. The first kappa shape index (κ1) is 21.3. The van der Waals surface area contributed by atoms with Crippen molar-refractivity contribution < 1.29 is 19.1 Å². The van der Waals surface area contributed by atoms with Crippen molar-refractivity contribution in [3.63, 3.8) is 0 Å². The number of aromatic nitrogens is 1. The van der Waals surface area contributed by atoms with Crippen LogP contribution in [0, 0.1) is 0 Å². The van der Waals surface area contributed by atoms with Gasteiger partial charge in [0.1, 0.15) is 5.75 Å². The van der Waals surface area contributed by atoms with Crippen LogP contribution in [-0.4, -0.2) is 29.3 Å². The summed E-state index contributed by atoms with van der Waals surface area (Å²) in [5.41, 5.74) is 12.9. The van der Waals surface area contributed by atoms with E-state index >= 15 is 0 Å². The standard InChI is InChI=1S/C22H21N5O4/c23-17-8-4-10-25-20(17)22(30)27-15-6-3-5-14(11-15)12-26-21(29)16-7-1-2-9-18(16)31-13-19(24)28/h1-11H,12-13,23H2,(H2,24,28)(H,26,29)(H,27,30). The molecule has 31 heavy (non-hydrogen) atoms. The molecule has 0 radical (unpaired) electrons. The van der Waals surface area contributed by atoms with Crippen molar-refractivity contribution in [2.75, 3.05) is 17.7 Å². The molecule has 3 amide bonds. The molecule has 9 nitrogen and oxygen atoms in total. The fourth-order valence-corrected chi connectivity index (χ4v) is 2.76. The highest BCUT2D eigenvalue weighted by molar-refractivity contribution is 6.06. The molecule has 1 heterocycles. The van der Waals surface area contributed by atoms with Gasteiger partial charge in [-0.05, 0) is 42.0 Å². The van der Waals surface area contributed by atoms with Gasteiger partial charge in [0.05, 0.1) is 11.3 Å². The van der Waals surface area contributed by atoms with E-state index in [0.29, 0.717) is 5.69 Å². The summed E-state index contributed by atoms with van der Waals surface area (Å²) in [6.07, 6.45) is 1.49. The molecule has 3 aromatic rings.